The zero-order valence-electron chi connectivity index (χ0n) is 11.4. The fourth-order valence-corrected chi connectivity index (χ4v) is 2.73. The third-order valence-electron chi connectivity index (χ3n) is 3.38. The van der Waals surface area contributed by atoms with Crippen molar-refractivity contribution in [3.8, 4) is 22.8 Å². The second-order valence-corrected chi connectivity index (χ2v) is 5.67. The standard InChI is InChI=1S/C16H10Cl2O4/c1-7-14(20)10-3-2-9(19)6-13(10)22-16(7)8-4-11(17)15(21)12(18)5-8/h2-6,19,21H,1H3. The lowest BCUT2D eigenvalue weighted by atomic mass is 10.1. The van der Waals surface area contributed by atoms with Crippen LogP contribution in [0, 0.1) is 6.92 Å². The van der Waals surface area contributed by atoms with Crippen LogP contribution in [0.2, 0.25) is 10.0 Å². The van der Waals surface area contributed by atoms with Gasteiger partial charge >= 0.3 is 0 Å². The molecule has 112 valence electrons. The van der Waals surface area contributed by atoms with Gasteiger partial charge in [0.1, 0.15) is 17.1 Å². The van der Waals surface area contributed by atoms with E-state index in [0.29, 0.717) is 16.5 Å². The first-order chi connectivity index (χ1) is 10.4. The average Bonchev–Trinajstić information content (AvgIpc) is 2.47. The Hall–Kier alpha value is -2.17. The molecule has 2 N–H and O–H groups in total. The van der Waals surface area contributed by atoms with Gasteiger partial charge in [0.15, 0.2) is 11.2 Å². The molecule has 6 heteroatoms. The predicted octanol–water partition coefficient (Wildman–Crippen LogP) is 4.49. The maximum Gasteiger partial charge on any atom is 0.196 e. The highest BCUT2D eigenvalue weighted by atomic mass is 35.5. The largest absolute Gasteiger partial charge is 0.508 e. The molecule has 0 unspecified atom stereocenters. The molecule has 3 rings (SSSR count). The van der Waals surface area contributed by atoms with Crippen molar-refractivity contribution < 1.29 is 14.6 Å². The first-order valence-corrected chi connectivity index (χ1v) is 7.09. The van der Waals surface area contributed by atoms with Gasteiger partial charge in [0, 0.05) is 17.2 Å². The molecule has 0 fully saturated rings. The van der Waals surface area contributed by atoms with Gasteiger partial charge in [-0.15, -0.1) is 0 Å². The highest BCUT2D eigenvalue weighted by molar-refractivity contribution is 6.37. The summed E-state index contributed by atoms with van der Waals surface area (Å²) in [6.07, 6.45) is 0. The van der Waals surface area contributed by atoms with Crippen LogP contribution in [-0.4, -0.2) is 10.2 Å². The summed E-state index contributed by atoms with van der Waals surface area (Å²) in [7, 11) is 0. The maximum absolute atomic E-state index is 12.4. The minimum Gasteiger partial charge on any atom is -0.508 e. The zero-order chi connectivity index (χ0) is 16.0. The minimum atomic E-state index is -0.231. The topological polar surface area (TPSA) is 70.7 Å². The summed E-state index contributed by atoms with van der Waals surface area (Å²) in [4.78, 5) is 12.4. The van der Waals surface area contributed by atoms with Crippen LogP contribution in [0.1, 0.15) is 5.56 Å². The van der Waals surface area contributed by atoms with Gasteiger partial charge in [0.05, 0.1) is 15.4 Å². The first kappa shape index (κ1) is 14.8. The van der Waals surface area contributed by atoms with E-state index in [4.69, 9.17) is 27.6 Å². The van der Waals surface area contributed by atoms with Crippen molar-refractivity contribution in [1.29, 1.82) is 0 Å². The molecule has 0 radical (unpaired) electrons. The van der Waals surface area contributed by atoms with Gasteiger partial charge in [0.2, 0.25) is 0 Å². The van der Waals surface area contributed by atoms with Crippen molar-refractivity contribution in [3.05, 3.63) is 56.2 Å². The molecule has 22 heavy (non-hydrogen) atoms. The van der Waals surface area contributed by atoms with E-state index < -0.39 is 0 Å². The summed E-state index contributed by atoms with van der Waals surface area (Å²) in [6.45, 7) is 1.63. The van der Waals surface area contributed by atoms with Crippen LogP contribution >= 0.6 is 23.2 Å². The van der Waals surface area contributed by atoms with Gasteiger partial charge in [-0.2, -0.15) is 0 Å². The van der Waals surface area contributed by atoms with Gasteiger partial charge in [-0.3, -0.25) is 4.79 Å². The van der Waals surface area contributed by atoms with E-state index >= 15 is 0 Å². The summed E-state index contributed by atoms with van der Waals surface area (Å²) in [5.74, 6) is 0.0460. The molecular formula is C16H10Cl2O4. The predicted molar refractivity (Wildman–Crippen MR) is 86.0 cm³/mol. The molecule has 0 atom stereocenters. The highest BCUT2D eigenvalue weighted by Crippen LogP contribution is 2.37. The Labute approximate surface area is 135 Å². The molecule has 2 aromatic carbocycles. The fourth-order valence-electron chi connectivity index (χ4n) is 2.25. The van der Waals surface area contributed by atoms with Crippen LogP contribution < -0.4 is 5.43 Å². The number of hydrogen-bond acceptors (Lipinski definition) is 4. The van der Waals surface area contributed by atoms with Crippen molar-refractivity contribution in [2.24, 2.45) is 0 Å². The van der Waals surface area contributed by atoms with E-state index in [1.165, 1.54) is 30.3 Å². The number of rotatable bonds is 1. The molecule has 4 nitrogen and oxygen atoms in total. The van der Waals surface area contributed by atoms with Crippen molar-refractivity contribution in [1.82, 2.24) is 0 Å². The summed E-state index contributed by atoms with van der Waals surface area (Å²) in [5, 5.41) is 19.6. The lowest BCUT2D eigenvalue weighted by Gasteiger charge is -2.09. The molecule has 0 amide bonds. The maximum atomic E-state index is 12.4. The Morgan fingerprint density at radius 1 is 1.05 bits per heavy atom. The van der Waals surface area contributed by atoms with Crippen molar-refractivity contribution in [2.75, 3.05) is 0 Å². The van der Waals surface area contributed by atoms with E-state index in [0.717, 1.165) is 0 Å². The second kappa shape index (κ2) is 5.23. The van der Waals surface area contributed by atoms with Gasteiger partial charge in [0.25, 0.3) is 0 Å². The molecular weight excluding hydrogens is 327 g/mol. The van der Waals surface area contributed by atoms with Crippen molar-refractivity contribution in [3.63, 3.8) is 0 Å². The molecule has 3 aromatic rings. The molecule has 1 aromatic heterocycles. The molecule has 0 aliphatic carbocycles. The van der Waals surface area contributed by atoms with Crippen LogP contribution in [0.5, 0.6) is 11.5 Å². The van der Waals surface area contributed by atoms with E-state index in [9.17, 15) is 15.0 Å². The van der Waals surface area contributed by atoms with Gasteiger partial charge in [-0.25, -0.2) is 0 Å². The summed E-state index contributed by atoms with van der Waals surface area (Å²) < 4.78 is 5.73. The Morgan fingerprint density at radius 3 is 2.32 bits per heavy atom. The average molecular weight is 337 g/mol. The van der Waals surface area contributed by atoms with Gasteiger partial charge < -0.3 is 14.6 Å². The third-order valence-corrected chi connectivity index (χ3v) is 3.96. The number of benzene rings is 2. The minimum absolute atomic E-state index is 0.00720. The SMILES string of the molecule is Cc1c(-c2cc(Cl)c(O)c(Cl)c2)oc2cc(O)ccc2c1=O. The van der Waals surface area contributed by atoms with Crippen LogP contribution in [0.4, 0.5) is 0 Å². The van der Waals surface area contributed by atoms with Gasteiger partial charge in [-0.05, 0) is 31.2 Å². The molecule has 0 saturated carbocycles. The summed E-state index contributed by atoms with van der Waals surface area (Å²) in [6, 6.07) is 7.21. The van der Waals surface area contributed by atoms with E-state index in [2.05, 4.69) is 0 Å². The third kappa shape index (κ3) is 2.30. The number of aromatic hydroxyl groups is 2. The van der Waals surface area contributed by atoms with Gasteiger partial charge in [-0.1, -0.05) is 23.2 Å². The number of phenolic OH excluding ortho intramolecular Hbond substituents is 2. The molecule has 0 spiro atoms. The van der Waals surface area contributed by atoms with E-state index in [-0.39, 0.29) is 38.3 Å². The normalized spacial score (nSPS) is 11.0. The summed E-state index contributed by atoms with van der Waals surface area (Å²) >= 11 is 11.8. The Morgan fingerprint density at radius 2 is 1.68 bits per heavy atom. The fraction of sp³-hybridized carbons (Fsp3) is 0.0625. The molecule has 0 bridgehead atoms. The van der Waals surface area contributed by atoms with Crippen molar-refractivity contribution in [2.45, 2.75) is 6.92 Å². The van der Waals surface area contributed by atoms with Crippen molar-refractivity contribution >= 4 is 34.2 Å². The number of hydrogen-bond donors (Lipinski definition) is 2. The smallest absolute Gasteiger partial charge is 0.196 e. The number of phenols is 2. The number of halogens is 2. The number of fused-ring (bicyclic) bond motifs is 1. The summed E-state index contributed by atoms with van der Waals surface area (Å²) in [5.41, 5.74) is 0.895. The molecule has 0 aliphatic heterocycles. The van der Waals surface area contributed by atoms with Crippen LogP contribution in [0.3, 0.4) is 0 Å². The first-order valence-electron chi connectivity index (χ1n) is 6.33. The Bertz CT molecular complexity index is 937. The van der Waals surface area contributed by atoms with E-state index in [1.807, 2.05) is 0 Å². The molecule has 1 heterocycles. The van der Waals surface area contributed by atoms with Crippen LogP contribution in [0.25, 0.3) is 22.3 Å². The molecule has 0 aliphatic rings. The second-order valence-electron chi connectivity index (χ2n) is 4.85. The van der Waals surface area contributed by atoms with Crippen LogP contribution in [0.15, 0.2) is 39.5 Å². The van der Waals surface area contributed by atoms with Crippen LogP contribution in [-0.2, 0) is 0 Å². The Balaban J connectivity index is 2.36. The quantitative estimate of drug-likeness (QED) is 0.686. The zero-order valence-corrected chi connectivity index (χ0v) is 12.9. The Kier molecular flexibility index (Phi) is 3.51. The lowest BCUT2D eigenvalue weighted by Crippen LogP contribution is -2.07. The molecule has 0 saturated heterocycles. The monoisotopic (exact) mass is 336 g/mol. The highest BCUT2D eigenvalue weighted by Gasteiger charge is 2.16. The lowest BCUT2D eigenvalue weighted by molar-refractivity contribution is 0.474. The van der Waals surface area contributed by atoms with E-state index in [1.54, 1.807) is 6.92 Å².